The second-order valence-corrected chi connectivity index (χ2v) is 7.39. The molecule has 0 saturated heterocycles. The molecule has 0 radical (unpaired) electrons. The Balaban J connectivity index is 1.76. The number of aromatic nitrogens is 2. The summed E-state index contributed by atoms with van der Waals surface area (Å²) in [6.07, 6.45) is -4.68. The molecule has 2 aromatic carbocycles. The zero-order valence-corrected chi connectivity index (χ0v) is 16.7. The van der Waals surface area contributed by atoms with Gasteiger partial charge in [-0.25, -0.2) is 14.4 Å². The van der Waals surface area contributed by atoms with Crippen molar-refractivity contribution in [3.8, 4) is 11.3 Å². The van der Waals surface area contributed by atoms with E-state index in [0.29, 0.717) is 12.1 Å². The Bertz CT molecular complexity index is 1010. The monoisotopic (exact) mass is 435 g/mol. The predicted octanol–water partition coefficient (Wildman–Crippen LogP) is 5.05. The molecule has 1 heterocycles. The smallest absolute Gasteiger partial charge is 0.341 e. The number of thioether (sulfide) groups is 1. The molecule has 1 aromatic heterocycles. The largest absolute Gasteiger partial charge is 0.433 e. The van der Waals surface area contributed by atoms with E-state index < -0.39 is 17.7 Å². The minimum absolute atomic E-state index is 0.00455. The second-order valence-electron chi connectivity index (χ2n) is 6.45. The summed E-state index contributed by atoms with van der Waals surface area (Å²) < 4.78 is 52.9. The van der Waals surface area contributed by atoms with Crippen LogP contribution in [0.4, 0.5) is 17.6 Å². The van der Waals surface area contributed by atoms with E-state index in [1.54, 1.807) is 7.05 Å². The molecular formula is C21H17F4N3OS. The normalized spacial score (nSPS) is 11.4. The highest BCUT2D eigenvalue weighted by Gasteiger charge is 2.34. The fourth-order valence-electron chi connectivity index (χ4n) is 2.59. The van der Waals surface area contributed by atoms with E-state index in [-0.39, 0.29) is 22.5 Å². The summed E-state index contributed by atoms with van der Waals surface area (Å²) in [6, 6.07) is 15.1. The highest BCUT2D eigenvalue weighted by atomic mass is 32.2. The van der Waals surface area contributed by atoms with Gasteiger partial charge in [0.2, 0.25) is 5.91 Å². The summed E-state index contributed by atoms with van der Waals surface area (Å²) in [6.45, 7) is 0.379. The van der Waals surface area contributed by atoms with Crippen LogP contribution in [0, 0.1) is 5.82 Å². The highest BCUT2D eigenvalue weighted by molar-refractivity contribution is 7.99. The molecule has 1 amide bonds. The van der Waals surface area contributed by atoms with Crippen LogP contribution in [0.1, 0.15) is 11.3 Å². The van der Waals surface area contributed by atoms with Gasteiger partial charge in [0.25, 0.3) is 0 Å². The first-order valence-electron chi connectivity index (χ1n) is 8.85. The van der Waals surface area contributed by atoms with Gasteiger partial charge >= 0.3 is 6.18 Å². The molecule has 0 bridgehead atoms. The molecule has 0 fully saturated rings. The standard InChI is InChI=1S/C21H17F4N3OS/c1-28(12-14-5-3-2-4-6-14)19(29)13-30-20-26-17(11-18(27-20)21(23,24)25)15-7-9-16(22)10-8-15/h2-11H,12-13H2,1H3. The first-order valence-corrected chi connectivity index (χ1v) is 9.84. The summed E-state index contributed by atoms with van der Waals surface area (Å²) >= 11 is 0.822. The number of carbonyl (C=O) groups excluding carboxylic acids is 1. The van der Waals surface area contributed by atoms with Crippen molar-refractivity contribution < 1.29 is 22.4 Å². The Labute approximate surface area is 175 Å². The maximum absolute atomic E-state index is 13.3. The lowest BCUT2D eigenvalue weighted by molar-refractivity contribution is -0.141. The average Bonchev–Trinajstić information content (AvgIpc) is 2.72. The number of carbonyl (C=O) groups is 1. The van der Waals surface area contributed by atoms with Crippen molar-refractivity contribution in [2.45, 2.75) is 17.9 Å². The molecule has 9 heteroatoms. The maximum Gasteiger partial charge on any atom is 0.433 e. The van der Waals surface area contributed by atoms with Crippen molar-refractivity contribution >= 4 is 17.7 Å². The van der Waals surface area contributed by atoms with E-state index in [9.17, 15) is 22.4 Å². The molecule has 0 aliphatic heterocycles. The van der Waals surface area contributed by atoms with Crippen LogP contribution in [0.15, 0.2) is 65.8 Å². The Morgan fingerprint density at radius 3 is 2.33 bits per heavy atom. The Morgan fingerprint density at radius 1 is 1.03 bits per heavy atom. The summed E-state index contributed by atoms with van der Waals surface area (Å²) in [5.74, 6) is -0.897. The van der Waals surface area contributed by atoms with Crippen LogP contribution in [0.5, 0.6) is 0 Å². The topological polar surface area (TPSA) is 46.1 Å². The van der Waals surface area contributed by atoms with E-state index in [0.717, 1.165) is 35.5 Å². The quantitative estimate of drug-likeness (QED) is 0.309. The predicted molar refractivity (Wildman–Crippen MR) is 106 cm³/mol. The number of nitrogens with zero attached hydrogens (tertiary/aromatic N) is 3. The molecule has 3 rings (SSSR count). The number of rotatable bonds is 6. The first kappa shape index (κ1) is 21.8. The van der Waals surface area contributed by atoms with Crippen molar-refractivity contribution in [1.82, 2.24) is 14.9 Å². The fraction of sp³-hybridized carbons (Fsp3) is 0.190. The maximum atomic E-state index is 13.3. The third-order valence-corrected chi connectivity index (χ3v) is 4.98. The molecule has 3 aromatic rings. The molecule has 156 valence electrons. The molecule has 30 heavy (non-hydrogen) atoms. The number of hydrogen-bond acceptors (Lipinski definition) is 4. The molecule has 0 unspecified atom stereocenters. The van der Waals surface area contributed by atoms with E-state index in [4.69, 9.17) is 0 Å². The Morgan fingerprint density at radius 2 is 1.70 bits per heavy atom. The number of alkyl halides is 3. The van der Waals surface area contributed by atoms with Gasteiger partial charge in [0.1, 0.15) is 11.5 Å². The molecule has 0 atom stereocenters. The second kappa shape index (κ2) is 9.25. The van der Waals surface area contributed by atoms with Crippen molar-refractivity contribution in [3.05, 3.63) is 77.7 Å². The number of hydrogen-bond donors (Lipinski definition) is 0. The van der Waals surface area contributed by atoms with Gasteiger partial charge < -0.3 is 4.90 Å². The summed E-state index contributed by atoms with van der Waals surface area (Å²) in [4.78, 5) is 21.5. The van der Waals surface area contributed by atoms with Crippen LogP contribution in [-0.4, -0.2) is 33.6 Å². The third kappa shape index (κ3) is 5.79. The zero-order chi connectivity index (χ0) is 21.7. The van der Waals surface area contributed by atoms with Crippen molar-refractivity contribution in [1.29, 1.82) is 0 Å². The van der Waals surface area contributed by atoms with E-state index in [1.807, 2.05) is 30.3 Å². The number of halogens is 4. The molecule has 0 aliphatic rings. The lowest BCUT2D eigenvalue weighted by Gasteiger charge is -2.17. The van der Waals surface area contributed by atoms with Gasteiger partial charge in [-0.3, -0.25) is 4.79 Å². The van der Waals surface area contributed by atoms with Gasteiger partial charge in [-0.15, -0.1) is 0 Å². The van der Waals surface area contributed by atoms with E-state index in [2.05, 4.69) is 9.97 Å². The molecular weight excluding hydrogens is 418 g/mol. The number of benzene rings is 2. The fourth-order valence-corrected chi connectivity index (χ4v) is 3.38. The summed E-state index contributed by atoms with van der Waals surface area (Å²) in [7, 11) is 1.62. The van der Waals surface area contributed by atoms with Gasteiger partial charge in [0, 0.05) is 19.2 Å². The summed E-state index contributed by atoms with van der Waals surface area (Å²) in [5.41, 5.74) is 0.139. The zero-order valence-electron chi connectivity index (χ0n) is 15.9. The average molecular weight is 435 g/mol. The molecule has 0 aliphatic carbocycles. The SMILES string of the molecule is CN(Cc1ccccc1)C(=O)CSc1nc(-c2ccc(F)cc2)cc(C(F)(F)F)n1. The Kier molecular flexibility index (Phi) is 6.71. The van der Waals surface area contributed by atoms with Gasteiger partial charge in [-0.2, -0.15) is 13.2 Å². The Hall–Kier alpha value is -2.94. The lowest BCUT2D eigenvalue weighted by Crippen LogP contribution is -2.27. The number of amides is 1. The van der Waals surface area contributed by atoms with Crippen LogP contribution in [-0.2, 0) is 17.5 Å². The van der Waals surface area contributed by atoms with Crippen molar-refractivity contribution in [2.75, 3.05) is 12.8 Å². The molecule has 0 saturated carbocycles. The van der Waals surface area contributed by atoms with Gasteiger partial charge in [0.15, 0.2) is 5.16 Å². The summed E-state index contributed by atoms with van der Waals surface area (Å²) in [5, 5.41) is -0.175. The van der Waals surface area contributed by atoms with Crippen molar-refractivity contribution in [3.63, 3.8) is 0 Å². The van der Waals surface area contributed by atoms with Gasteiger partial charge in [-0.05, 0) is 35.9 Å². The van der Waals surface area contributed by atoms with Crippen molar-refractivity contribution in [2.24, 2.45) is 0 Å². The van der Waals surface area contributed by atoms with Crippen LogP contribution >= 0.6 is 11.8 Å². The van der Waals surface area contributed by atoms with Gasteiger partial charge in [-0.1, -0.05) is 42.1 Å². The molecule has 4 nitrogen and oxygen atoms in total. The first-order chi connectivity index (χ1) is 14.2. The van der Waals surface area contributed by atoms with Crippen LogP contribution in [0.2, 0.25) is 0 Å². The minimum atomic E-state index is -4.68. The molecule has 0 N–H and O–H groups in total. The van der Waals surface area contributed by atoms with Gasteiger partial charge in [0.05, 0.1) is 11.4 Å². The van der Waals surface area contributed by atoms with Crippen LogP contribution < -0.4 is 0 Å². The molecule has 0 spiro atoms. The van der Waals surface area contributed by atoms with E-state index in [1.165, 1.54) is 17.0 Å². The van der Waals surface area contributed by atoms with E-state index >= 15 is 0 Å². The third-order valence-electron chi connectivity index (χ3n) is 4.15. The van der Waals surface area contributed by atoms with Crippen LogP contribution in [0.3, 0.4) is 0 Å². The minimum Gasteiger partial charge on any atom is -0.341 e. The lowest BCUT2D eigenvalue weighted by atomic mass is 10.1. The van der Waals surface area contributed by atoms with Crippen LogP contribution in [0.25, 0.3) is 11.3 Å². The highest BCUT2D eigenvalue weighted by Crippen LogP contribution is 2.32.